The van der Waals surface area contributed by atoms with Gasteiger partial charge in [0.15, 0.2) is 0 Å². The third kappa shape index (κ3) is 8.30. The van der Waals surface area contributed by atoms with Gasteiger partial charge >= 0.3 is 0 Å². The van der Waals surface area contributed by atoms with Crippen LogP contribution in [-0.4, -0.2) is 57.6 Å². The van der Waals surface area contributed by atoms with Gasteiger partial charge in [0, 0.05) is 18.1 Å². The molecule has 2 aromatic rings. The van der Waals surface area contributed by atoms with E-state index < -0.39 is 28.5 Å². The van der Waals surface area contributed by atoms with E-state index in [1.54, 1.807) is 31.2 Å². The minimum absolute atomic E-state index is 0.0905. The maximum absolute atomic E-state index is 13.5. The van der Waals surface area contributed by atoms with E-state index in [2.05, 4.69) is 5.32 Å². The fraction of sp³-hybridized carbons (Fsp3) is 0.417. The standard InChI is InChI=1S/C24H31Cl2N3O5S/c1-16(2)13-27-24(31)17(3)28(14-18-6-8-19(25)9-7-18)23(30)15-29(35(5,32)33)20-10-11-22(34-4)21(26)12-20/h6-12,16-17H,13-15H2,1-5H3,(H,27,31)/t17-/m0/s1. The molecule has 0 aliphatic rings. The smallest absolute Gasteiger partial charge is 0.244 e. The van der Waals surface area contributed by atoms with Crippen LogP contribution >= 0.6 is 23.2 Å². The number of sulfonamides is 1. The summed E-state index contributed by atoms with van der Waals surface area (Å²) in [7, 11) is -2.42. The van der Waals surface area contributed by atoms with E-state index in [4.69, 9.17) is 27.9 Å². The molecule has 0 heterocycles. The molecule has 0 unspecified atom stereocenters. The van der Waals surface area contributed by atoms with Gasteiger partial charge in [0.1, 0.15) is 18.3 Å². The molecule has 0 spiro atoms. The molecule has 192 valence electrons. The van der Waals surface area contributed by atoms with Crippen molar-refractivity contribution in [3.63, 3.8) is 0 Å². The highest BCUT2D eigenvalue weighted by atomic mass is 35.5. The largest absolute Gasteiger partial charge is 0.495 e. The van der Waals surface area contributed by atoms with Gasteiger partial charge in [-0.1, -0.05) is 49.2 Å². The van der Waals surface area contributed by atoms with Crippen LogP contribution in [0.1, 0.15) is 26.3 Å². The molecule has 0 saturated heterocycles. The van der Waals surface area contributed by atoms with Crippen LogP contribution in [0.25, 0.3) is 0 Å². The van der Waals surface area contributed by atoms with Crippen LogP contribution in [0.5, 0.6) is 5.75 Å². The Bertz CT molecular complexity index is 1140. The predicted molar refractivity (Wildman–Crippen MR) is 140 cm³/mol. The Balaban J connectivity index is 2.38. The average Bonchev–Trinajstić information content (AvgIpc) is 2.79. The third-order valence-corrected chi connectivity index (χ3v) is 6.91. The number of amides is 2. The zero-order valence-electron chi connectivity index (χ0n) is 20.4. The predicted octanol–water partition coefficient (Wildman–Crippen LogP) is 3.96. The molecule has 0 fully saturated rings. The maximum atomic E-state index is 13.5. The number of rotatable bonds is 11. The number of hydrogen-bond acceptors (Lipinski definition) is 5. The van der Waals surface area contributed by atoms with E-state index in [0.29, 0.717) is 17.3 Å². The minimum Gasteiger partial charge on any atom is -0.495 e. The van der Waals surface area contributed by atoms with Crippen molar-refractivity contribution in [3.8, 4) is 5.75 Å². The lowest BCUT2D eigenvalue weighted by atomic mass is 10.1. The van der Waals surface area contributed by atoms with Crippen molar-refractivity contribution in [3.05, 3.63) is 58.1 Å². The lowest BCUT2D eigenvalue weighted by molar-refractivity contribution is -0.139. The molecule has 2 rings (SSSR count). The molecule has 2 aromatic carbocycles. The van der Waals surface area contributed by atoms with Crippen LogP contribution in [0, 0.1) is 5.92 Å². The van der Waals surface area contributed by atoms with E-state index in [1.807, 2.05) is 13.8 Å². The van der Waals surface area contributed by atoms with Crippen molar-refractivity contribution in [2.24, 2.45) is 5.92 Å². The van der Waals surface area contributed by atoms with E-state index in [-0.39, 0.29) is 29.1 Å². The molecule has 0 aliphatic carbocycles. The molecule has 0 saturated carbocycles. The number of halogens is 2. The van der Waals surface area contributed by atoms with Crippen molar-refractivity contribution in [2.45, 2.75) is 33.4 Å². The van der Waals surface area contributed by atoms with Gasteiger partial charge in [-0.2, -0.15) is 0 Å². The van der Waals surface area contributed by atoms with Crippen LogP contribution in [0.15, 0.2) is 42.5 Å². The number of nitrogens with one attached hydrogen (secondary N) is 1. The van der Waals surface area contributed by atoms with Gasteiger partial charge < -0.3 is 15.0 Å². The molecule has 35 heavy (non-hydrogen) atoms. The van der Waals surface area contributed by atoms with Crippen molar-refractivity contribution in [1.29, 1.82) is 0 Å². The van der Waals surface area contributed by atoms with E-state index in [9.17, 15) is 18.0 Å². The van der Waals surface area contributed by atoms with Gasteiger partial charge in [-0.05, 0) is 48.7 Å². The number of methoxy groups -OCH3 is 1. The Morgan fingerprint density at radius 2 is 1.69 bits per heavy atom. The van der Waals surface area contributed by atoms with Crippen molar-refractivity contribution in [1.82, 2.24) is 10.2 Å². The summed E-state index contributed by atoms with van der Waals surface area (Å²) < 4.78 is 31.3. The molecule has 0 aromatic heterocycles. The number of anilines is 1. The summed E-state index contributed by atoms with van der Waals surface area (Å²) in [5, 5.41) is 3.57. The van der Waals surface area contributed by atoms with Crippen molar-refractivity contribution in [2.75, 3.05) is 30.8 Å². The molecule has 0 bridgehead atoms. The monoisotopic (exact) mass is 543 g/mol. The Kier molecular flexibility index (Phi) is 10.2. The third-order valence-electron chi connectivity index (χ3n) is 5.22. The first-order valence-corrected chi connectivity index (χ1v) is 13.6. The van der Waals surface area contributed by atoms with E-state index in [1.165, 1.54) is 30.2 Å². The molecule has 8 nitrogen and oxygen atoms in total. The van der Waals surface area contributed by atoms with Crippen LogP contribution in [0.2, 0.25) is 10.0 Å². The Morgan fingerprint density at radius 3 is 2.20 bits per heavy atom. The van der Waals surface area contributed by atoms with Gasteiger partial charge in [-0.15, -0.1) is 0 Å². The number of nitrogens with zero attached hydrogens (tertiary/aromatic N) is 2. The molecule has 1 N–H and O–H groups in total. The van der Waals surface area contributed by atoms with Gasteiger partial charge in [0.25, 0.3) is 0 Å². The average molecular weight is 545 g/mol. The second-order valence-electron chi connectivity index (χ2n) is 8.55. The topological polar surface area (TPSA) is 96.0 Å². The van der Waals surface area contributed by atoms with Crippen molar-refractivity contribution < 1.29 is 22.7 Å². The number of ether oxygens (including phenoxy) is 1. The first-order chi connectivity index (χ1) is 16.3. The quantitative estimate of drug-likeness (QED) is 0.462. The normalized spacial score (nSPS) is 12.2. The molecule has 0 radical (unpaired) electrons. The second kappa shape index (κ2) is 12.5. The van der Waals surface area contributed by atoms with Crippen LogP contribution in [0.3, 0.4) is 0 Å². The zero-order valence-corrected chi connectivity index (χ0v) is 22.7. The highest BCUT2D eigenvalue weighted by molar-refractivity contribution is 7.92. The highest BCUT2D eigenvalue weighted by Gasteiger charge is 2.30. The van der Waals surface area contributed by atoms with Gasteiger partial charge in [-0.25, -0.2) is 8.42 Å². The molecule has 1 atom stereocenters. The highest BCUT2D eigenvalue weighted by Crippen LogP contribution is 2.30. The van der Waals surface area contributed by atoms with Gasteiger partial charge in [0.2, 0.25) is 21.8 Å². The zero-order chi connectivity index (χ0) is 26.3. The number of carbonyl (C=O) groups excluding carboxylic acids is 2. The van der Waals surface area contributed by atoms with E-state index in [0.717, 1.165) is 16.1 Å². The lowest BCUT2D eigenvalue weighted by Crippen LogP contribution is -2.51. The first-order valence-electron chi connectivity index (χ1n) is 11.0. The van der Waals surface area contributed by atoms with Gasteiger partial charge in [0.05, 0.1) is 24.1 Å². The summed E-state index contributed by atoms with van der Waals surface area (Å²) in [5.41, 5.74) is 0.944. The Labute approximate surface area is 217 Å². The summed E-state index contributed by atoms with van der Waals surface area (Å²) in [6.45, 7) is 5.56. The fourth-order valence-corrected chi connectivity index (χ4v) is 4.47. The minimum atomic E-state index is -3.86. The SMILES string of the molecule is COc1ccc(N(CC(=O)N(Cc2ccc(Cl)cc2)[C@@H](C)C(=O)NCC(C)C)S(C)(=O)=O)cc1Cl. The summed E-state index contributed by atoms with van der Waals surface area (Å²) in [4.78, 5) is 27.7. The summed E-state index contributed by atoms with van der Waals surface area (Å²) in [5.74, 6) is -0.286. The fourth-order valence-electron chi connectivity index (χ4n) is 3.25. The number of benzene rings is 2. The van der Waals surface area contributed by atoms with Gasteiger partial charge in [-0.3, -0.25) is 13.9 Å². The maximum Gasteiger partial charge on any atom is 0.244 e. The van der Waals surface area contributed by atoms with E-state index >= 15 is 0 Å². The lowest BCUT2D eigenvalue weighted by Gasteiger charge is -2.31. The summed E-state index contributed by atoms with van der Waals surface area (Å²) in [6, 6.07) is 10.5. The van der Waals surface area contributed by atoms with Crippen molar-refractivity contribution >= 4 is 50.7 Å². The molecular formula is C24H31Cl2N3O5S. The van der Waals surface area contributed by atoms with Crippen LogP contribution < -0.4 is 14.4 Å². The summed E-state index contributed by atoms with van der Waals surface area (Å²) >= 11 is 12.2. The number of carbonyl (C=O) groups is 2. The summed E-state index contributed by atoms with van der Waals surface area (Å²) in [6.07, 6.45) is 1.00. The molecule has 0 aliphatic heterocycles. The Morgan fingerprint density at radius 1 is 1.06 bits per heavy atom. The van der Waals surface area contributed by atoms with Crippen LogP contribution in [-0.2, 0) is 26.2 Å². The molecule has 2 amide bonds. The molecule has 11 heteroatoms. The second-order valence-corrected chi connectivity index (χ2v) is 11.3. The number of hydrogen-bond donors (Lipinski definition) is 1. The molecular weight excluding hydrogens is 513 g/mol. The first kappa shape index (κ1) is 28.7. The Hall–Kier alpha value is -2.49. The van der Waals surface area contributed by atoms with Crippen LogP contribution in [0.4, 0.5) is 5.69 Å².